The van der Waals surface area contributed by atoms with Crippen molar-refractivity contribution in [1.29, 1.82) is 0 Å². The topological polar surface area (TPSA) is 37.3 Å². The molecule has 1 fully saturated rings. The van der Waals surface area contributed by atoms with Crippen molar-refractivity contribution in [3.05, 3.63) is 11.1 Å². The molecule has 0 saturated heterocycles. The summed E-state index contributed by atoms with van der Waals surface area (Å²) in [7, 11) is 0. The number of carboxylic acid groups (broad SMARTS) is 1. The molecule has 0 aromatic heterocycles. The molecule has 0 spiro atoms. The van der Waals surface area contributed by atoms with Crippen LogP contribution in [0.3, 0.4) is 0 Å². The highest BCUT2D eigenvalue weighted by Crippen LogP contribution is 2.60. The van der Waals surface area contributed by atoms with Crippen molar-refractivity contribution >= 4 is 17.6 Å². The van der Waals surface area contributed by atoms with E-state index in [0.29, 0.717) is 0 Å². The van der Waals surface area contributed by atoms with E-state index in [2.05, 4.69) is 0 Å². The summed E-state index contributed by atoms with van der Waals surface area (Å²) in [6.45, 7) is 3.21. The van der Waals surface area contributed by atoms with E-state index >= 15 is 0 Å². The molecule has 15 heavy (non-hydrogen) atoms. The predicted octanol–water partition coefficient (Wildman–Crippen LogP) is 3.03. The van der Waals surface area contributed by atoms with Gasteiger partial charge in [-0.25, -0.2) is 0 Å². The highest BCUT2D eigenvalue weighted by atomic mass is 35.5. The van der Waals surface area contributed by atoms with Crippen molar-refractivity contribution in [3.63, 3.8) is 0 Å². The molecule has 0 amide bonds. The van der Waals surface area contributed by atoms with Crippen LogP contribution in [0.15, 0.2) is 11.1 Å². The first-order valence-electron chi connectivity index (χ1n) is 4.26. The lowest BCUT2D eigenvalue weighted by molar-refractivity contribution is -0.139. The van der Waals surface area contributed by atoms with Gasteiger partial charge in [-0.1, -0.05) is 31.5 Å². The zero-order valence-corrected chi connectivity index (χ0v) is 8.86. The van der Waals surface area contributed by atoms with E-state index in [1.54, 1.807) is 13.8 Å². The summed E-state index contributed by atoms with van der Waals surface area (Å²) in [5, 5.41) is 7.48. The van der Waals surface area contributed by atoms with Gasteiger partial charge in [0.2, 0.25) is 0 Å². The fourth-order valence-electron chi connectivity index (χ4n) is 1.71. The van der Waals surface area contributed by atoms with Gasteiger partial charge < -0.3 is 5.11 Å². The summed E-state index contributed by atoms with van der Waals surface area (Å²) in [6, 6.07) is 0. The van der Waals surface area contributed by atoms with Crippen molar-refractivity contribution < 1.29 is 23.1 Å². The molecular weight excluding hydrogens is 233 g/mol. The Morgan fingerprint density at radius 1 is 1.47 bits per heavy atom. The van der Waals surface area contributed by atoms with E-state index in [9.17, 15) is 18.0 Å². The fraction of sp³-hybridized carbons (Fsp3) is 0.667. The monoisotopic (exact) mass is 242 g/mol. The first kappa shape index (κ1) is 12.4. The Morgan fingerprint density at radius 2 is 1.93 bits per heavy atom. The number of halogens is 4. The summed E-state index contributed by atoms with van der Waals surface area (Å²) in [5.74, 6) is -2.52. The minimum absolute atomic E-state index is 0.649. The van der Waals surface area contributed by atoms with Crippen LogP contribution in [0.4, 0.5) is 13.2 Å². The number of carbonyl (C=O) groups is 1. The molecule has 1 N–H and O–H groups in total. The van der Waals surface area contributed by atoms with Gasteiger partial charge in [0, 0.05) is 0 Å². The quantitative estimate of drug-likeness (QED) is 0.808. The zero-order valence-electron chi connectivity index (χ0n) is 8.10. The zero-order chi connectivity index (χ0) is 12.0. The average Bonchev–Trinajstić information content (AvgIpc) is 2.50. The van der Waals surface area contributed by atoms with E-state index in [0.717, 1.165) is 6.08 Å². The Kier molecular flexibility index (Phi) is 2.80. The number of aliphatic carboxylic acids is 1. The van der Waals surface area contributed by atoms with Gasteiger partial charge in [0.15, 0.2) is 0 Å². The van der Waals surface area contributed by atoms with Gasteiger partial charge in [-0.3, -0.25) is 4.79 Å². The van der Waals surface area contributed by atoms with Gasteiger partial charge in [-0.2, -0.15) is 13.2 Å². The highest BCUT2D eigenvalue weighted by Gasteiger charge is 2.61. The standard InChI is InChI=1S/C9H10ClF3O2/c1-8(2)4(6(8)7(14)15)3-5(10)9(11,12)13/h3-4,6H,1-2H3,(H,14,15)/b5-3-/t4-,6+/m1/s1. The van der Waals surface area contributed by atoms with Crippen molar-refractivity contribution in [2.75, 3.05) is 0 Å². The summed E-state index contributed by atoms with van der Waals surface area (Å²) < 4.78 is 36.2. The Bertz CT molecular complexity index is 320. The van der Waals surface area contributed by atoms with Gasteiger partial charge in [0.05, 0.1) is 5.92 Å². The third kappa shape index (κ3) is 2.27. The second kappa shape index (κ2) is 3.40. The molecule has 0 radical (unpaired) electrons. The molecule has 2 atom stereocenters. The molecule has 0 aliphatic heterocycles. The van der Waals surface area contributed by atoms with Crippen molar-refractivity contribution in [3.8, 4) is 0 Å². The normalized spacial score (nSPS) is 30.1. The summed E-state index contributed by atoms with van der Waals surface area (Å²) in [4.78, 5) is 10.7. The Balaban J connectivity index is 2.83. The molecule has 6 heteroatoms. The second-order valence-electron chi connectivity index (χ2n) is 4.18. The van der Waals surface area contributed by atoms with E-state index in [1.165, 1.54) is 0 Å². The second-order valence-corrected chi connectivity index (χ2v) is 4.58. The number of hydrogen-bond acceptors (Lipinski definition) is 1. The van der Waals surface area contributed by atoms with Crippen LogP contribution < -0.4 is 0 Å². The van der Waals surface area contributed by atoms with Crippen LogP contribution in [0.1, 0.15) is 13.8 Å². The van der Waals surface area contributed by atoms with Crippen LogP contribution in [0.25, 0.3) is 0 Å². The molecule has 2 nitrogen and oxygen atoms in total. The summed E-state index contributed by atoms with van der Waals surface area (Å²) in [5.41, 5.74) is -0.656. The number of rotatable bonds is 2. The maximum Gasteiger partial charge on any atom is 0.426 e. The van der Waals surface area contributed by atoms with Crippen LogP contribution in [0.5, 0.6) is 0 Å². The van der Waals surface area contributed by atoms with Crippen LogP contribution in [0.2, 0.25) is 0 Å². The molecule has 1 rings (SSSR count). The van der Waals surface area contributed by atoms with Gasteiger partial charge in [-0.15, -0.1) is 0 Å². The highest BCUT2D eigenvalue weighted by molar-refractivity contribution is 6.30. The third-order valence-electron chi connectivity index (χ3n) is 2.77. The van der Waals surface area contributed by atoms with Crippen molar-refractivity contribution in [1.82, 2.24) is 0 Å². The SMILES string of the molecule is CC1(C)[C@H](/C=C(\Cl)C(F)(F)F)[C@H]1C(=O)O. The Hall–Kier alpha value is -0.710. The Morgan fingerprint density at radius 3 is 2.20 bits per heavy atom. The van der Waals surface area contributed by atoms with Gasteiger partial charge in [0.1, 0.15) is 5.03 Å². The Labute approximate surface area is 89.7 Å². The van der Waals surface area contributed by atoms with Crippen LogP contribution in [-0.4, -0.2) is 17.3 Å². The molecule has 0 aromatic rings. The van der Waals surface area contributed by atoms with Gasteiger partial charge in [0.25, 0.3) is 0 Å². The average molecular weight is 243 g/mol. The largest absolute Gasteiger partial charge is 0.481 e. The molecule has 1 aliphatic carbocycles. The first-order chi connectivity index (χ1) is 6.58. The fourth-order valence-corrected chi connectivity index (χ4v) is 1.85. The lowest BCUT2D eigenvalue weighted by Gasteiger charge is -2.04. The molecule has 0 bridgehead atoms. The van der Waals surface area contributed by atoms with Gasteiger partial charge >= 0.3 is 12.1 Å². The smallest absolute Gasteiger partial charge is 0.426 e. The third-order valence-corrected chi connectivity index (χ3v) is 3.11. The number of allylic oxidation sites excluding steroid dienone is 2. The summed E-state index contributed by atoms with van der Waals surface area (Å²) in [6.07, 6.45) is -3.80. The van der Waals surface area contributed by atoms with E-state index in [-0.39, 0.29) is 0 Å². The molecule has 1 aliphatic rings. The van der Waals surface area contributed by atoms with E-state index < -0.39 is 34.4 Å². The molecule has 86 valence electrons. The molecule has 0 heterocycles. The summed E-state index contributed by atoms with van der Waals surface area (Å²) >= 11 is 5.03. The van der Waals surface area contributed by atoms with Crippen LogP contribution >= 0.6 is 11.6 Å². The number of carboxylic acids is 1. The first-order valence-corrected chi connectivity index (χ1v) is 4.63. The number of alkyl halides is 3. The minimum Gasteiger partial charge on any atom is -0.481 e. The van der Waals surface area contributed by atoms with Gasteiger partial charge in [-0.05, 0) is 11.3 Å². The van der Waals surface area contributed by atoms with E-state index in [4.69, 9.17) is 16.7 Å². The molecule has 0 unspecified atom stereocenters. The van der Waals surface area contributed by atoms with E-state index in [1.807, 2.05) is 0 Å². The molecule has 0 aromatic carbocycles. The van der Waals surface area contributed by atoms with Crippen molar-refractivity contribution in [2.24, 2.45) is 17.3 Å². The lowest BCUT2D eigenvalue weighted by Crippen LogP contribution is -2.07. The maximum absolute atomic E-state index is 12.1. The van der Waals surface area contributed by atoms with Crippen LogP contribution in [-0.2, 0) is 4.79 Å². The van der Waals surface area contributed by atoms with Crippen LogP contribution in [0, 0.1) is 17.3 Å². The minimum atomic E-state index is -4.59. The molecular formula is C9H10ClF3O2. The predicted molar refractivity (Wildman–Crippen MR) is 48.4 cm³/mol. The molecule has 1 saturated carbocycles. The number of hydrogen-bond donors (Lipinski definition) is 1. The maximum atomic E-state index is 12.1. The lowest BCUT2D eigenvalue weighted by atomic mass is 10.1. The van der Waals surface area contributed by atoms with Crippen molar-refractivity contribution in [2.45, 2.75) is 20.0 Å².